The summed E-state index contributed by atoms with van der Waals surface area (Å²) in [7, 11) is 0. The van der Waals surface area contributed by atoms with Gasteiger partial charge in [-0.2, -0.15) is 0 Å². The highest BCUT2D eigenvalue weighted by molar-refractivity contribution is 6.31. The molecule has 21 heavy (non-hydrogen) atoms. The van der Waals surface area contributed by atoms with Gasteiger partial charge in [0.1, 0.15) is 0 Å². The first kappa shape index (κ1) is 15.6. The maximum atomic E-state index is 12.1. The van der Waals surface area contributed by atoms with Crippen LogP contribution in [0.25, 0.3) is 0 Å². The smallest absolute Gasteiger partial charge is 0.228 e. The van der Waals surface area contributed by atoms with Crippen molar-refractivity contribution < 1.29 is 4.79 Å². The molecule has 1 N–H and O–H groups in total. The number of amides is 1. The first-order valence-electron chi connectivity index (χ1n) is 7.04. The molecule has 0 radical (unpaired) electrons. The Morgan fingerprint density at radius 2 is 2.05 bits per heavy atom. The Kier molecular flexibility index (Phi) is 4.73. The lowest BCUT2D eigenvalue weighted by Gasteiger charge is -2.35. The normalized spacial score (nSPS) is 14.9. The monoisotopic (exact) mass is 304 g/mol. The number of halogens is 1. The Labute approximate surface area is 131 Å². The first-order valence-corrected chi connectivity index (χ1v) is 7.42. The van der Waals surface area contributed by atoms with Crippen LogP contribution in [-0.2, 0) is 11.2 Å². The molecule has 0 aromatic heterocycles. The average Bonchev–Trinajstić information content (AvgIpc) is 2.41. The molecule has 0 saturated carbocycles. The molecule has 3 nitrogen and oxygen atoms in total. The van der Waals surface area contributed by atoms with E-state index in [0.717, 1.165) is 17.8 Å². The third kappa shape index (κ3) is 4.36. The second kappa shape index (κ2) is 6.35. The van der Waals surface area contributed by atoms with E-state index in [2.05, 4.69) is 31.0 Å². The quantitative estimate of drug-likeness (QED) is 0.927. The lowest BCUT2D eigenvalue weighted by atomic mass is 10.1. The third-order valence-corrected chi connectivity index (χ3v) is 3.76. The molecule has 0 bridgehead atoms. The van der Waals surface area contributed by atoms with Crippen LogP contribution in [-0.4, -0.2) is 22.9 Å². The predicted molar refractivity (Wildman–Crippen MR) is 87.0 cm³/mol. The number of allylic oxidation sites excluding steroid dienone is 1. The van der Waals surface area contributed by atoms with Crippen LogP contribution >= 0.6 is 11.6 Å². The molecule has 1 aromatic rings. The number of carbonyl (C=O) groups excluding carboxylic acids is 1. The number of hydrogen-bond acceptors (Lipinski definition) is 2. The van der Waals surface area contributed by atoms with Gasteiger partial charge in [0, 0.05) is 29.0 Å². The maximum absolute atomic E-state index is 12.1. The van der Waals surface area contributed by atoms with Gasteiger partial charge in [0.25, 0.3) is 0 Å². The van der Waals surface area contributed by atoms with Crippen molar-refractivity contribution in [2.75, 3.05) is 6.54 Å². The van der Waals surface area contributed by atoms with Crippen LogP contribution in [0.2, 0.25) is 5.02 Å². The number of carbonyl (C=O) groups is 1. The molecular formula is C17H21ClN2O. The van der Waals surface area contributed by atoms with Crippen molar-refractivity contribution in [2.45, 2.75) is 32.7 Å². The number of nitrogens with one attached hydrogen (secondary N) is 1. The summed E-state index contributed by atoms with van der Waals surface area (Å²) in [5, 5.41) is 3.54. The summed E-state index contributed by atoms with van der Waals surface area (Å²) in [4.78, 5) is 14.3. The average molecular weight is 305 g/mol. The van der Waals surface area contributed by atoms with E-state index >= 15 is 0 Å². The minimum Gasteiger partial charge on any atom is -0.369 e. The van der Waals surface area contributed by atoms with Gasteiger partial charge in [-0.25, -0.2) is 0 Å². The molecule has 112 valence electrons. The molecule has 0 spiro atoms. The lowest BCUT2D eigenvalue weighted by Crippen LogP contribution is -2.39. The molecule has 1 heterocycles. The predicted octanol–water partition coefficient (Wildman–Crippen LogP) is 3.51. The van der Waals surface area contributed by atoms with Crippen LogP contribution in [0.4, 0.5) is 0 Å². The second-order valence-corrected chi connectivity index (χ2v) is 6.52. The van der Waals surface area contributed by atoms with Crippen molar-refractivity contribution in [1.82, 2.24) is 10.2 Å². The van der Waals surface area contributed by atoms with Gasteiger partial charge in [0.05, 0.1) is 6.42 Å². The summed E-state index contributed by atoms with van der Waals surface area (Å²) in [5.41, 5.74) is 1.76. The molecule has 0 atom stereocenters. The van der Waals surface area contributed by atoms with Gasteiger partial charge in [-0.05, 0) is 44.6 Å². The zero-order valence-corrected chi connectivity index (χ0v) is 13.4. The van der Waals surface area contributed by atoms with Crippen LogP contribution in [0.15, 0.2) is 48.3 Å². The molecule has 1 aliphatic rings. The summed E-state index contributed by atoms with van der Waals surface area (Å²) in [6, 6.07) is 7.41. The molecule has 4 heteroatoms. The van der Waals surface area contributed by atoms with Crippen molar-refractivity contribution >= 4 is 17.5 Å². The standard InChI is InChI=1S/C17H21ClN2O/c1-17(2,3)20-10-8-14(9-11-20)19-16(21)12-13-6-4-5-7-15(13)18/h4-10H,11-12H2,1-3H3,(H,19,21). The van der Waals surface area contributed by atoms with E-state index < -0.39 is 0 Å². The zero-order valence-electron chi connectivity index (χ0n) is 12.7. The van der Waals surface area contributed by atoms with E-state index in [1.807, 2.05) is 36.6 Å². The molecule has 2 rings (SSSR count). The fourth-order valence-corrected chi connectivity index (χ4v) is 2.31. The molecule has 0 aliphatic carbocycles. The van der Waals surface area contributed by atoms with E-state index in [-0.39, 0.29) is 17.9 Å². The van der Waals surface area contributed by atoms with Gasteiger partial charge in [-0.1, -0.05) is 29.8 Å². The van der Waals surface area contributed by atoms with Crippen LogP contribution in [0.5, 0.6) is 0 Å². The van der Waals surface area contributed by atoms with E-state index in [1.165, 1.54) is 0 Å². The molecule has 1 amide bonds. The Morgan fingerprint density at radius 1 is 1.33 bits per heavy atom. The number of hydrogen-bond donors (Lipinski definition) is 1. The van der Waals surface area contributed by atoms with E-state index in [4.69, 9.17) is 11.6 Å². The zero-order chi connectivity index (χ0) is 15.5. The fraction of sp³-hybridized carbons (Fsp3) is 0.353. The van der Waals surface area contributed by atoms with E-state index in [9.17, 15) is 4.79 Å². The van der Waals surface area contributed by atoms with Gasteiger partial charge in [-0.15, -0.1) is 0 Å². The highest BCUT2D eigenvalue weighted by Crippen LogP contribution is 2.18. The summed E-state index contributed by atoms with van der Waals surface area (Å²) in [6.45, 7) is 7.27. The third-order valence-electron chi connectivity index (χ3n) is 3.40. The lowest BCUT2D eigenvalue weighted by molar-refractivity contribution is -0.119. The summed E-state index contributed by atoms with van der Waals surface area (Å²) in [5.74, 6) is -0.0526. The Balaban J connectivity index is 1.92. The molecule has 1 aromatic carbocycles. The molecule has 0 unspecified atom stereocenters. The van der Waals surface area contributed by atoms with Crippen LogP contribution < -0.4 is 5.32 Å². The summed E-state index contributed by atoms with van der Waals surface area (Å²) in [6.07, 6.45) is 6.26. The van der Waals surface area contributed by atoms with Crippen LogP contribution in [0, 0.1) is 0 Å². The fourth-order valence-electron chi connectivity index (χ4n) is 2.11. The minimum absolute atomic E-state index is 0.0526. The summed E-state index contributed by atoms with van der Waals surface area (Å²) >= 11 is 6.07. The van der Waals surface area contributed by atoms with Gasteiger partial charge in [0.15, 0.2) is 0 Å². The minimum atomic E-state index is -0.0526. The maximum Gasteiger partial charge on any atom is 0.228 e. The van der Waals surface area contributed by atoms with E-state index in [1.54, 1.807) is 6.07 Å². The summed E-state index contributed by atoms with van der Waals surface area (Å²) < 4.78 is 0. The van der Waals surface area contributed by atoms with Crippen molar-refractivity contribution in [1.29, 1.82) is 0 Å². The Bertz CT molecular complexity index is 585. The van der Waals surface area contributed by atoms with Gasteiger partial charge in [0.2, 0.25) is 5.91 Å². The van der Waals surface area contributed by atoms with Crippen LogP contribution in [0.1, 0.15) is 26.3 Å². The SMILES string of the molecule is CC(C)(C)N1C=CC(NC(=O)Cc2ccccc2Cl)=CC1. The van der Waals surface area contributed by atoms with Crippen molar-refractivity contribution in [3.05, 3.63) is 58.9 Å². The number of nitrogens with zero attached hydrogens (tertiary/aromatic N) is 1. The largest absolute Gasteiger partial charge is 0.369 e. The van der Waals surface area contributed by atoms with Gasteiger partial charge >= 0.3 is 0 Å². The first-order chi connectivity index (χ1) is 9.86. The topological polar surface area (TPSA) is 32.3 Å². The number of rotatable bonds is 3. The molecule has 1 aliphatic heterocycles. The van der Waals surface area contributed by atoms with Crippen LogP contribution in [0.3, 0.4) is 0 Å². The second-order valence-electron chi connectivity index (χ2n) is 6.11. The van der Waals surface area contributed by atoms with Crippen molar-refractivity contribution in [2.24, 2.45) is 0 Å². The molecule has 0 saturated heterocycles. The van der Waals surface area contributed by atoms with Crippen molar-refractivity contribution in [3.63, 3.8) is 0 Å². The molecule has 0 fully saturated rings. The number of benzene rings is 1. The Morgan fingerprint density at radius 3 is 2.62 bits per heavy atom. The highest BCUT2D eigenvalue weighted by Gasteiger charge is 2.19. The van der Waals surface area contributed by atoms with Gasteiger partial charge in [-0.3, -0.25) is 4.79 Å². The van der Waals surface area contributed by atoms with Gasteiger partial charge < -0.3 is 10.2 Å². The highest BCUT2D eigenvalue weighted by atomic mass is 35.5. The van der Waals surface area contributed by atoms with Crippen molar-refractivity contribution in [3.8, 4) is 0 Å². The van der Waals surface area contributed by atoms with E-state index in [0.29, 0.717) is 5.02 Å². The molecular weight excluding hydrogens is 284 g/mol. The Hall–Kier alpha value is -1.74.